The summed E-state index contributed by atoms with van der Waals surface area (Å²) in [6.07, 6.45) is 4.77. The van der Waals surface area contributed by atoms with Crippen LogP contribution in [-0.2, 0) is 17.6 Å². The molecular weight excluding hydrogens is 302 g/mol. The highest BCUT2D eigenvalue weighted by Gasteiger charge is 2.24. The number of nitrogens with zero attached hydrogens (tertiary/aromatic N) is 1. The minimum Gasteiger partial charge on any atom is -0.312 e. The van der Waals surface area contributed by atoms with Crippen LogP contribution in [-0.4, -0.2) is 17.3 Å². The van der Waals surface area contributed by atoms with Gasteiger partial charge in [-0.2, -0.15) is 0 Å². The van der Waals surface area contributed by atoms with Gasteiger partial charge in [-0.15, -0.1) is 0 Å². The highest BCUT2D eigenvalue weighted by atomic mass is 79.9. The number of carbonyl (C=O) groups is 1. The van der Waals surface area contributed by atoms with Gasteiger partial charge in [-0.3, -0.25) is 4.79 Å². The molecule has 0 saturated heterocycles. The summed E-state index contributed by atoms with van der Waals surface area (Å²) in [4.78, 5) is 14.5. The summed E-state index contributed by atoms with van der Waals surface area (Å²) in [7, 11) is 0. The Bertz CT molecular complexity index is 458. The average molecular weight is 324 g/mol. The molecule has 1 amide bonds. The van der Waals surface area contributed by atoms with Crippen molar-refractivity contribution in [3.63, 3.8) is 0 Å². The fourth-order valence-corrected chi connectivity index (χ4v) is 2.96. The summed E-state index contributed by atoms with van der Waals surface area (Å²) in [6.45, 7) is 5.10. The number of alkyl halides is 1. The first-order valence-corrected chi connectivity index (χ1v) is 8.13. The number of fused-ring (bicyclic) bond motifs is 1. The van der Waals surface area contributed by atoms with Crippen LogP contribution in [0.3, 0.4) is 0 Å². The van der Waals surface area contributed by atoms with Crippen molar-refractivity contribution in [3.8, 4) is 0 Å². The molecule has 1 aromatic carbocycles. The Morgan fingerprint density at radius 1 is 1.42 bits per heavy atom. The Morgan fingerprint density at radius 3 is 2.89 bits per heavy atom. The van der Waals surface area contributed by atoms with Gasteiger partial charge in [-0.25, -0.2) is 0 Å². The smallest absolute Gasteiger partial charge is 0.226 e. The molecule has 104 valence electrons. The van der Waals surface area contributed by atoms with Gasteiger partial charge in [0.15, 0.2) is 0 Å². The molecule has 1 heterocycles. The van der Waals surface area contributed by atoms with Crippen LogP contribution >= 0.6 is 15.9 Å². The van der Waals surface area contributed by atoms with E-state index in [1.54, 1.807) is 0 Å². The predicted molar refractivity (Wildman–Crippen MR) is 84.1 cm³/mol. The molecule has 0 saturated carbocycles. The Labute approximate surface area is 124 Å². The maximum atomic E-state index is 12.0. The van der Waals surface area contributed by atoms with Gasteiger partial charge in [-0.05, 0) is 42.9 Å². The molecule has 1 unspecified atom stereocenters. The lowest BCUT2D eigenvalue weighted by Gasteiger charge is -2.17. The van der Waals surface area contributed by atoms with E-state index in [1.165, 1.54) is 11.1 Å². The van der Waals surface area contributed by atoms with Crippen LogP contribution in [0.5, 0.6) is 0 Å². The van der Waals surface area contributed by atoms with Crippen LogP contribution in [0.1, 0.15) is 44.2 Å². The Morgan fingerprint density at radius 2 is 2.21 bits per heavy atom. The van der Waals surface area contributed by atoms with Crippen molar-refractivity contribution in [1.82, 2.24) is 0 Å². The molecular formula is C16H22BrNO. The number of hydrogen-bond acceptors (Lipinski definition) is 1. The summed E-state index contributed by atoms with van der Waals surface area (Å²) in [6, 6.07) is 6.57. The topological polar surface area (TPSA) is 20.3 Å². The van der Waals surface area contributed by atoms with E-state index < -0.39 is 0 Å². The van der Waals surface area contributed by atoms with E-state index in [9.17, 15) is 4.79 Å². The van der Waals surface area contributed by atoms with E-state index in [-0.39, 0.29) is 5.91 Å². The maximum absolute atomic E-state index is 12.0. The second kappa shape index (κ2) is 6.56. The quantitative estimate of drug-likeness (QED) is 0.747. The van der Waals surface area contributed by atoms with Crippen LogP contribution < -0.4 is 4.90 Å². The molecule has 2 rings (SSSR count). The normalized spacial score (nSPS) is 15.4. The third-order valence-electron chi connectivity index (χ3n) is 3.70. The van der Waals surface area contributed by atoms with Crippen LogP contribution in [0.4, 0.5) is 5.69 Å². The summed E-state index contributed by atoms with van der Waals surface area (Å²) < 4.78 is 0. The summed E-state index contributed by atoms with van der Waals surface area (Å²) >= 11 is 3.69. The molecule has 0 aliphatic carbocycles. The zero-order chi connectivity index (χ0) is 13.8. The third-order valence-corrected chi connectivity index (χ3v) is 4.68. The van der Waals surface area contributed by atoms with Gasteiger partial charge in [0.25, 0.3) is 0 Å². The van der Waals surface area contributed by atoms with Gasteiger partial charge in [0.2, 0.25) is 5.91 Å². The lowest BCUT2D eigenvalue weighted by atomic mass is 10.0. The molecule has 0 aromatic heterocycles. The third kappa shape index (κ3) is 3.38. The molecule has 0 radical (unpaired) electrons. The van der Waals surface area contributed by atoms with Crippen molar-refractivity contribution < 1.29 is 4.79 Å². The van der Waals surface area contributed by atoms with Crippen LogP contribution in [0.15, 0.2) is 18.2 Å². The Kier molecular flexibility index (Phi) is 5.03. The lowest BCUT2D eigenvalue weighted by molar-refractivity contribution is -0.118. The average Bonchev–Trinajstić information content (AvgIpc) is 2.82. The molecule has 1 aliphatic rings. The van der Waals surface area contributed by atoms with Crippen molar-refractivity contribution in [3.05, 3.63) is 29.3 Å². The van der Waals surface area contributed by atoms with Gasteiger partial charge in [0, 0.05) is 23.5 Å². The van der Waals surface area contributed by atoms with Crippen LogP contribution in [0.25, 0.3) is 0 Å². The molecule has 19 heavy (non-hydrogen) atoms. The van der Waals surface area contributed by atoms with Crippen molar-refractivity contribution in [2.75, 3.05) is 11.4 Å². The van der Waals surface area contributed by atoms with Gasteiger partial charge >= 0.3 is 0 Å². The minimum atomic E-state index is 0.265. The standard InChI is InChI=1S/C16H22BrNO/c1-3-5-16(19)18-9-8-13-10-12(6-7-15(13)18)11-14(17)4-2/h6-7,10,14H,3-5,8-9,11H2,1-2H3. The van der Waals surface area contributed by atoms with Crippen molar-refractivity contribution in [1.29, 1.82) is 0 Å². The van der Waals surface area contributed by atoms with Gasteiger partial charge < -0.3 is 4.90 Å². The van der Waals surface area contributed by atoms with Crippen molar-refractivity contribution in [2.24, 2.45) is 0 Å². The predicted octanol–water partition coefficient (Wildman–Crippen LogP) is 4.09. The number of amides is 1. The van der Waals surface area contributed by atoms with E-state index in [0.29, 0.717) is 11.2 Å². The lowest BCUT2D eigenvalue weighted by Crippen LogP contribution is -2.28. The molecule has 0 fully saturated rings. The highest BCUT2D eigenvalue weighted by Crippen LogP contribution is 2.30. The fourth-order valence-electron chi connectivity index (χ4n) is 2.59. The maximum Gasteiger partial charge on any atom is 0.226 e. The van der Waals surface area contributed by atoms with Gasteiger partial charge in [0.1, 0.15) is 0 Å². The van der Waals surface area contributed by atoms with E-state index in [2.05, 4.69) is 48.0 Å². The molecule has 1 aromatic rings. The van der Waals surface area contributed by atoms with Crippen molar-refractivity contribution >= 4 is 27.5 Å². The zero-order valence-electron chi connectivity index (χ0n) is 11.8. The Balaban J connectivity index is 2.13. The molecule has 3 heteroatoms. The van der Waals surface area contributed by atoms with Crippen LogP contribution in [0, 0.1) is 0 Å². The molecule has 0 N–H and O–H groups in total. The van der Waals surface area contributed by atoms with Gasteiger partial charge in [0.05, 0.1) is 0 Å². The second-order valence-electron chi connectivity index (χ2n) is 5.22. The monoisotopic (exact) mass is 323 g/mol. The van der Waals surface area contributed by atoms with E-state index in [0.717, 1.165) is 37.9 Å². The number of anilines is 1. The minimum absolute atomic E-state index is 0.265. The van der Waals surface area contributed by atoms with E-state index in [1.807, 2.05) is 4.90 Å². The Hall–Kier alpha value is -0.830. The summed E-state index contributed by atoms with van der Waals surface area (Å²) in [5.41, 5.74) is 3.83. The molecule has 0 spiro atoms. The first-order valence-electron chi connectivity index (χ1n) is 7.22. The highest BCUT2D eigenvalue weighted by molar-refractivity contribution is 9.09. The van der Waals surface area contributed by atoms with Crippen LogP contribution in [0.2, 0.25) is 0 Å². The largest absolute Gasteiger partial charge is 0.312 e. The van der Waals surface area contributed by atoms with E-state index >= 15 is 0 Å². The molecule has 0 bridgehead atoms. The number of carbonyl (C=O) groups excluding carboxylic acids is 1. The summed E-state index contributed by atoms with van der Waals surface area (Å²) in [5, 5.41) is 0. The van der Waals surface area contributed by atoms with E-state index in [4.69, 9.17) is 0 Å². The number of hydrogen-bond donors (Lipinski definition) is 0. The first kappa shape index (κ1) is 14.6. The zero-order valence-corrected chi connectivity index (χ0v) is 13.4. The van der Waals surface area contributed by atoms with Crippen molar-refractivity contribution in [2.45, 2.75) is 50.8 Å². The molecule has 1 atom stereocenters. The SMILES string of the molecule is CCCC(=O)N1CCc2cc(CC(Br)CC)ccc21. The molecule has 2 nitrogen and oxygen atoms in total. The number of halogens is 1. The number of benzene rings is 1. The molecule has 1 aliphatic heterocycles. The second-order valence-corrected chi connectivity index (χ2v) is 6.51. The van der Waals surface area contributed by atoms with Gasteiger partial charge in [-0.1, -0.05) is 41.9 Å². The summed E-state index contributed by atoms with van der Waals surface area (Å²) in [5.74, 6) is 0.265. The number of rotatable bonds is 5. The fraction of sp³-hybridized carbons (Fsp3) is 0.562. The first-order chi connectivity index (χ1) is 9.15.